The predicted molar refractivity (Wildman–Crippen MR) is 502 cm³/mol. The van der Waals surface area contributed by atoms with Crippen LogP contribution in [0.5, 0.6) is 11.8 Å². The van der Waals surface area contributed by atoms with Gasteiger partial charge in [0.05, 0.1) is 28.9 Å². The monoisotopic (exact) mass is 1750 g/mol. The first kappa shape index (κ1) is 105. The molecule has 0 fully saturated rings. The molecule has 0 saturated heterocycles. The van der Waals surface area contributed by atoms with Gasteiger partial charge in [0, 0.05) is 50.4 Å². The second kappa shape index (κ2) is 63.6. The lowest BCUT2D eigenvalue weighted by Crippen LogP contribution is -2.48. The zero-order valence-electron chi connectivity index (χ0n) is 77.6. The summed E-state index contributed by atoms with van der Waals surface area (Å²) in [4.78, 5) is 105. The van der Waals surface area contributed by atoms with Crippen molar-refractivity contribution in [3.05, 3.63) is 155 Å². The number of benzene rings is 3. The van der Waals surface area contributed by atoms with Gasteiger partial charge in [-0.3, -0.25) is 38.1 Å². The topological polar surface area (TPSA) is 330 Å². The molecule has 6 rings (SSSR count). The smallest absolute Gasteiger partial charge is 0.340 e. The molecule has 3 heterocycles. The van der Waals surface area contributed by atoms with Crippen LogP contribution in [0, 0.1) is 43.1 Å². The fourth-order valence-electron chi connectivity index (χ4n) is 16.2. The first-order chi connectivity index (χ1) is 62.0. The molecular formula is C102H147N13O12. The maximum absolute atomic E-state index is 14.1. The van der Waals surface area contributed by atoms with Gasteiger partial charge in [-0.05, 0) is 75.1 Å². The summed E-state index contributed by atoms with van der Waals surface area (Å²) < 4.78 is 19.9. The van der Waals surface area contributed by atoms with Gasteiger partial charge in [0.25, 0.3) is 28.6 Å². The van der Waals surface area contributed by atoms with Crippen molar-refractivity contribution in [3.8, 4) is 23.9 Å². The number of amides is 2. The minimum atomic E-state index is -1.30. The lowest BCUT2D eigenvalue weighted by molar-refractivity contribution is -0.144. The zero-order chi connectivity index (χ0) is 91.4. The number of aromatic hydroxyl groups is 2. The average Bonchev–Trinajstić information content (AvgIpc) is 0.793. The van der Waals surface area contributed by atoms with E-state index in [1.807, 2.05) is 12.1 Å². The van der Waals surface area contributed by atoms with E-state index in [2.05, 4.69) is 56.3 Å². The van der Waals surface area contributed by atoms with Gasteiger partial charge in [0.1, 0.15) is 54.5 Å². The van der Waals surface area contributed by atoms with Gasteiger partial charge in [-0.1, -0.05) is 353 Å². The minimum absolute atomic E-state index is 0.00618. The van der Waals surface area contributed by atoms with Gasteiger partial charge in [-0.2, -0.15) is 20.8 Å². The number of unbranched alkanes of at least 4 members (excludes halogenated alkanes) is 45. The molecule has 1 atom stereocenters. The van der Waals surface area contributed by atoms with Crippen molar-refractivity contribution in [3.63, 3.8) is 0 Å². The van der Waals surface area contributed by atoms with Crippen LogP contribution in [0.25, 0.3) is 4.85 Å². The van der Waals surface area contributed by atoms with Crippen molar-refractivity contribution in [2.45, 2.75) is 369 Å². The number of azo groups is 3. The summed E-state index contributed by atoms with van der Waals surface area (Å²) in [6.45, 7) is 18.8. The average molecular weight is 1750 g/mol. The molecule has 5 aromatic rings. The van der Waals surface area contributed by atoms with Gasteiger partial charge in [-0.25, -0.2) is 19.2 Å². The number of aromatic nitrogens is 2. The first-order valence-corrected chi connectivity index (χ1v) is 48.4. The molecule has 1 aliphatic heterocycles. The van der Waals surface area contributed by atoms with Crippen LogP contribution < -0.4 is 11.1 Å². The number of carbonyl (C=O) groups is 5. The number of hydrogen-bond donors (Lipinski definition) is 2. The molecule has 2 amide bonds. The van der Waals surface area contributed by atoms with Crippen molar-refractivity contribution in [2.75, 3.05) is 46.0 Å². The van der Waals surface area contributed by atoms with E-state index in [4.69, 9.17) is 20.8 Å². The molecule has 127 heavy (non-hydrogen) atoms. The third-order valence-corrected chi connectivity index (χ3v) is 24.2. The highest BCUT2D eigenvalue weighted by Gasteiger charge is 2.40. The maximum atomic E-state index is 14.1. The summed E-state index contributed by atoms with van der Waals surface area (Å²) in [6.07, 6.45) is 56.4. The third kappa shape index (κ3) is 37.5. The molecule has 2 N–H and O–H groups in total. The van der Waals surface area contributed by atoms with E-state index >= 15 is 0 Å². The van der Waals surface area contributed by atoms with Gasteiger partial charge in [0.15, 0.2) is 17.4 Å². The molecule has 0 spiro atoms. The third-order valence-electron chi connectivity index (χ3n) is 24.2. The van der Waals surface area contributed by atoms with Crippen LogP contribution in [0.3, 0.4) is 0 Å². The summed E-state index contributed by atoms with van der Waals surface area (Å²) >= 11 is 0. The van der Waals surface area contributed by atoms with Crippen LogP contribution >= 0.6 is 0 Å². The number of nitriles is 2. The summed E-state index contributed by atoms with van der Waals surface area (Å²) in [5.41, 5.74) is -1.57. The van der Waals surface area contributed by atoms with Crippen LogP contribution in [-0.4, -0.2) is 111 Å². The van der Waals surface area contributed by atoms with Crippen LogP contribution in [0.4, 0.5) is 28.4 Å². The number of esters is 3. The predicted octanol–water partition coefficient (Wildman–Crippen LogP) is 26.6. The van der Waals surface area contributed by atoms with Crippen molar-refractivity contribution < 1.29 is 48.4 Å². The Morgan fingerprint density at radius 2 is 0.669 bits per heavy atom. The van der Waals surface area contributed by atoms with Crippen molar-refractivity contribution in [1.29, 1.82) is 10.5 Å². The molecular weight excluding hydrogens is 1600 g/mol. The Morgan fingerprint density at radius 3 is 0.953 bits per heavy atom. The van der Waals surface area contributed by atoms with E-state index < -0.39 is 58.6 Å². The first-order valence-electron chi connectivity index (χ1n) is 48.4. The Labute approximate surface area is 756 Å². The molecule has 25 heteroatoms. The summed E-state index contributed by atoms with van der Waals surface area (Å²) in [5.74, 6) is -4.61. The minimum Gasteiger partial charge on any atom is -0.493 e. The molecule has 3 aromatic carbocycles. The molecule has 1 aliphatic rings. The Morgan fingerprint density at radius 1 is 0.402 bits per heavy atom. The Kier molecular flexibility index (Phi) is 52.8. The number of carbonyl (C=O) groups excluding carboxylic acids is 5. The lowest BCUT2D eigenvalue weighted by atomic mass is 10.00. The van der Waals surface area contributed by atoms with Crippen molar-refractivity contribution >= 4 is 58.2 Å². The van der Waals surface area contributed by atoms with Gasteiger partial charge < -0.3 is 24.4 Å². The summed E-state index contributed by atoms with van der Waals surface area (Å²) in [5, 5.41) is 68.8. The lowest BCUT2D eigenvalue weighted by Gasteiger charge is -2.29. The molecule has 0 radical (unpaired) electrons. The van der Waals surface area contributed by atoms with E-state index in [9.17, 15) is 54.3 Å². The van der Waals surface area contributed by atoms with Crippen LogP contribution in [0.15, 0.2) is 124 Å². The van der Waals surface area contributed by atoms with E-state index in [-0.39, 0.29) is 138 Å². The molecule has 0 bridgehead atoms. The van der Waals surface area contributed by atoms with Gasteiger partial charge in [0.2, 0.25) is 11.8 Å². The number of ether oxygens (including phenoxy) is 3. The zero-order valence-corrected chi connectivity index (χ0v) is 77.6. The summed E-state index contributed by atoms with van der Waals surface area (Å²) in [7, 11) is 0. The maximum Gasteiger partial charge on any atom is 0.340 e. The number of hydrogen-bond acceptors (Lipinski definition) is 21. The van der Waals surface area contributed by atoms with E-state index in [0.29, 0.717) is 19.3 Å². The van der Waals surface area contributed by atoms with E-state index in [0.717, 1.165) is 91.1 Å². The van der Waals surface area contributed by atoms with E-state index in [1.165, 1.54) is 269 Å². The van der Waals surface area contributed by atoms with Crippen LogP contribution in [0.1, 0.15) is 389 Å². The molecule has 0 saturated carbocycles. The normalized spacial score (nSPS) is 12.9. The SMILES string of the molecule is [C-]#[N+]C1=C(C)C(N=Nc2ccccc2C(=O)OCCN(CCOC(=O)c2ccccc2N=Nc2c(C)c(C#N)c(O)n(CCCCCCCCCCCCCCCCCC)c2=O)CCOC(=O)c2ccccc2N=Nc2c(C)c(C#N)c(O)n(CCCCCCCCCCCCCCCCCC)c2=O)C(=O)N(CCCCCCCCCCCCCCCCCC)C1=O. The molecule has 1 unspecified atom stereocenters. The standard InChI is InChI=1S/C102H147N13O12/c1-8-11-14-17-20-23-26-29-32-35-38-41-44-47-50-59-68-113-94(116)85(77-103)79(4)91(97(113)119)109-106-87-65-56-53-62-82(87)100(122)125-74-71-112(72-75-126-101(123)83-63-54-57-66-88(83)107-110-92-80(5)86(78-104)95(117)114(98(92)120)69-60-51-48-45-42-39-36-33-30-27-24-21-18-15-12-9-2)73-76-127-102(124)84-64-55-58-67-89(84)108-111-93-81(6)90(105-7)96(118)115(99(93)121)70-61-52-49-46-43-40-37-34-31-28-25-22-19-16-13-10-3/h53-58,62-67,93,116-117H,8-52,59-61,68-76H2,1-6H3. The molecule has 2 aromatic heterocycles. The summed E-state index contributed by atoms with van der Waals surface area (Å²) in [6, 6.07) is 21.4. The largest absolute Gasteiger partial charge is 0.493 e. The molecule has 25 nitrogen and oxygen atoms in total. The second-order valence-electron chi connectivity index (χ2n) is 34.1. The van der Waals surface area contributed by atoms with Crippen molar-refractivity contribution in [2.24, 2.45) is 30.7 Å². The Balaban J connectivity index is 1.11. The van der Waals surface area contributed by atoms with Gasteiger partial charge >= 0.3 is 17.9 Å². The number of pyridine rings is 2. The highest BCUT2D eigenvalue weighted by atomic mass is 16.5. The Bertz CT molecular complexity index is 4370. The fraction of sp³-hybridized carbons (Fsp3) is 0.627. The highest BCUT2D eigenvalue weighted by molar-refractivity contribution is 6.11. The van der Waals surface area contributed by atoms with E-state index in [1.54, 1.807) is 41.3 Å². The van der Waals surface area contributed by atoms with Crippen molar-refractivity contribution in [1.82, 2.24) is 18.9 Å². The number of rotatable bonds is 69. The Hall–Kier alpha value is -10.3. The fourth-order valence-corrected chi connectivity index (χ4v) is 16.2. The highest BCUT2D eigenvalue weighted by Crippen LogP contribution is 2.34. The number of nitrogens with zero attached hydrogens (tertiary/aromatic N) is 13. The quantitative estimate of drug-likeness (QED) is 0.00912. The van der Waals surface area contributed by atoms with Gasteiger partial charge in [-0.15, -0.1) is 20.5 Å². The second-order valence-corrected chi connectivity index (χ2v) is 34.1. The van der Waals surface area contributed by atoms with Crippen LogP contribution in [0.2, 0.25) is 0 Å². The number of imide groups is 1. The van der Waals surface area contributed by atoms with Crippen LogP contribution in [-0.2, 0) is 36.9 Å². The molecule has 692 valence electrons. The molecule has 0 aliphatic carbocycles.